The number of rotatable bonds is 5. The standard InChI is InChI=1S/C13H27N/c1-7-8-9-10-11-14(12(2)3)13(4,5)6/h10-12H,7-9H2,1-6H3/b11-10+. The summed E-state index contributed by atoms with van der Waals surface area (Å²) in [6.45, 7) is 13.5. The van der Waals surface area contributed by atoms with Crippen molar-refractivity contribution in [3.8, 4) is 0 Å². The average molecular weight is 197 g/mol. The van der Waals surface area contributed by atoms with Gasteiger partial charge >= 0.3 is 0 Å². The zero-order valence-corrected chi connectivity index (χ0v) is 10.8. The summed E-state index contributed by atoms with van der Waals surface area (Å²) in [7, 11) is 0. The maximum atomic E-state index is 2.42. The molecule has 0 aromatic carbocycles. The zero-order valence-electron chi connectivity index (χ0n) is 10.8. The van der Waals surface area contributed by atoms with Gasteiger partial charge in [0, 0.05) is 11.6 Å². The molecule has 0 N–H and O–H groups in total. The Morgan fingerprint density at radius 3 is 2.14 bits per heavy atom. The van der Waals surface area contributed by atoms with Gasteiger partial charge in [-0.1, -0.05) is 25.8 Å². The Balaban J connectivity index is 4.17. The summed E-state index contributed by atoms with van der Waals surface area (Å²) in [6, 6.07) is 0.577. The van der Waals surface area contributed by atoms with Crippen molar-refractivity contribution < 1.29 is 0 Å². The highest BCUT2D eigenvalue weighted by Gasteiger charge is 2.19. The van der Waals surface area contributed by atoms with Crippen molar-refractivity contribution in [3.05, 3.63) is 12.3 Å². The van der Waals surface area contributed by atoms with Gasteiger partial charge in [-0.05, 0) is 47.2 Å². The highest BCUT2D eigenvalue weighted by molar-refractivity contribution is 4.91. The molecule has 0 aliphatic heterocycles. The largest absolute Gasteiger partial charge is 0.371 e. The second-order valence-corrected chi connectivity index (χ2v) is 5.20. The number of allylic oxidation sites excluding steroid dienone is 1. The Bertz CT molecular complexity index is 163. The second-order valence-electron chi connectivity index (χ2n) is 5.20. The molecule has 0 saturated heterocycles. The van der Waals surface area contributed by atoms with E-state index in [1.54, 1.807) is 0 Å². The van der Waals surface area contributed by atoms with Gasteiger partial charge in [0.2, 0.25) is 0 Å². The van der Waals surface area contributed by atoms with Gasteiger partial charge in [-0.25, -0.2) is 0 Å². The molecular formula is C13H27N. The van der Waals surface area contributed by atoms with Gasteiger partial charge in [0.1, 0.15) is 0 Å². The smallest absolute Gasteiger partial charge is 0.0315 e. The molecule has 0 bridgehead atoms. The molecule has 14 heavy (non-hydrogen) atoms. The first kappa shape index (κ1) is 13.5. The minimum Gasteiger partial charge on any atom is -0.371 e. The molecule has 0 saturated carbocycles. The van der Waals surface area contributed by atoms with E-state index in [1.807, 2.05) is 0 Å². The average Bonchev–Trinajstić information content (AvgIpc) is 2.01. The molecular weight excluding hydrogens is 170 g/mol. The minimum absolute atomic E-state index is 0.233. The maximum absolute atomic E-state index is 2.42. The van der Waals surface area contributed by atoms with Crippen LogP contribution < -0.4 is 0 Å². The van der Waals surface area contributed by atoms with Crippen LogP contribution in [0.4, 0.5) is 0 Å². The molecule has 0 aliphatic rings. The Morgan fingerprint density at radius 2 is 1.79 bits per heavy atom. The van der Waals surface area contributed by atoms with E-state index in [1.165, 1.54) is 19.3 Å². The van der Waals surface area contributed by atoms with E-state index in [4.69, 9.17) is 0 Å². The predicted octanol–water partition coefficient (Wildman–Crippen LogP) is 4.20. The highest BCUT2D eigenvalue weighted by atomic mass is 15.2. The first-order valence-corrected chi connectivity index (χ1v) is 5.84. The van der Waals surface area contributed by atoms with Gasteiger partial charge in [-0.15, -0.1) is 0 Å². The summed E-state index contributed by atoms with van der Waals surface area (Å²) in [6.07, 6.45) is 8.35. The van der Waals surface area contributed by atoms with Gasteiger partial charge in [0.25, 0.3) is 0 Å². The monoisotopic (exact) mass is 197 g/mol. The summed E-state index contributed by atoms with van der Waals surface area (Å²) in [5.41, 5.74) is 0.233. The van der Waals surface area contributed by atoms with Crippen LogP contribution in [0.15, 0.2) is 12.3 Å². The van der Waals surface area contributed by atoms with Gasteiger partial charge in [0.05, 0.1) is 0 Å². The fourth-order valence-corrected chi connectivity index (χ4v) is 1.68. The van der Waals surface area contributed by atoms with E-state index >= 15 is 0 Å². The summed E-state index contributed by atoms with van der Waals surface area (Å²) in [4.78, 5) is 2.42. The Hall–Kier alpha value is -0.460. The van der Waals surface area contributed by atoms with Crippen molar-refractivity contribution in [1.82, 2.24) is 4.90 Å². The topological polar surface area (TPSA) is 3.24 Å². The quantitative estimate of drug-likeness (QED) is 0.597. The third-order valence-electron chi connectivity index (χ3n) is 2.32. The van der Waals surface area contributed by atoms with Crippen LogP contribution in [-0.2, 0) is 0 Å². The van der Waals surface area contributed by atoms with E-state index in [9.17, 15) is 0 Å². The predicted molar refractivity (Wildman–Crippen MR) is 65.4 cm³/mol. The fourth-order valence-electron chi connectivity index (χ4n) is 1.68. The van der Waals surface area contributed by atoms with Crippen LogP contribution in [0.5, 0.6) is 0 Å². The summed E-state index contributed by atoms with van der Waals surface area (Å²) >= 11 is 0. The maximum Gasteiger partial charge on any atom is 0.0315 e. The fraction of sp³-hybridized carbons (Fsp3) is 0.846. The molecule has 0 aromatic rings. The lowest BCUT2D eigenvalue weighted by molar-refractivity contribution is 0.164. The van der Waals surface area contributed by atoms with Gasteiger partial charge < -0.3 is 4.90 Å². The van der Waals surface area contributed by atoms with Crippen LogP contribution in [0.1, 0.15) is 60.8 Å². The van der Waals surface area contributed by atoms with Crippen molar-refractivity contribution in [2.45, 2.75) is 72.4 Å². The first-order chi connectivity index (χ1) is 6.39. The van der Waals surface area contributed by atoms with E-state index in [2.05, 4.69) is 58.7 Å². The Labute approximate surface area is 90.2 Å². The van der Waals surface area contributed by atoms with Crippen molar-refractivity contribution >= 4 is 0 Å². The molecule has 0 heterocycles. The number of hydrogen-bond acceptors (Lipinski definition) is 1. The van der Waals surface area contributed by atoms with Crippen LogP contribution in [0, 0.1) is 0 Å². The summed E-state index contributed by atoms with van der Waals surface area (Å²) < 4.78 is 0. The van der Waals surface area contributed by atoms with Gasteiger partial charge in [-0.2, -0.15) is 0 Å². The van der Waals surface area contributed by atoms with Crippen LogP contribution in [0.2, 0.25) is 0 Å². The molecule has 0 unspecified atom stereocenters. The van der Waals surface area contributed by atoms with Crippen LogP contribution in [-0.4, -0.2) is 16.5 Å². The number of nitrogens with zero attached hydrogens (tertiary/aromatic N) is 1. The van der Waals surface area contributed by atoms with Crippen molar-refractivity contribution in [3.63, 3.8) is 0 Å². The summed E-state index contributed by atoms with van der Waals surface area (Å²) in [5, 5.41) is 0. The molecule has 0 fully saturated rings. The SMILES string of the molecule is CCCC/C=C/N(C(C)C)C(C)(C)C. The van der Waals surface area contributed by atoms with E-state index in [0.29, 0.717) is 6.04 Å². The Kier molecular flexibility index (Phi) is 5.90. The number of unbranched alkanes of at least 4 members (excludes halogenated alkanes) is 2. The minimum atomic E-state index is 0.233. The van der Waals surface area contributed by atoms with Crippen molar-refractivity contribution in [2.75, 3.05) is 0 Å². The molecule has 0 amide bonds. The van der Waals surface area contributed by atoms with Gasteiger partial charge in [-0.3, -0.25) is 0 Å². The van der Waals surface area contributed by atoms with Crippen molar-refractivity contribution in [1.29, 1.82) is 0 Å². The molecule has 0 rings (SSSR count). The van der Waals surface area contributed by atoms with Crippen LogP contribution >= 0.6 is 0 Å². The molecule has 0 aromatic heterocycles. The van der Waals surface area contributed by atoms with Crippen LogP contribution in [0.3, 0.4) is 0 Å². The van der Waals surface area contributed by atoms with Crippen LogP contribution in [0.25, 0.3) is 0 Å². The zero-order chi connectivity index (χ0) is 11.2. The molecule has 0 spiro atoms. The van der Waals surface area contributed by atoms with E-state index in [-0.39, 0.29) is 5.54 Å². The third-order valence-corrected chi connectivity index (χ3v) is 2.32. The lowest BCUT2D eigenvalue weighted by atomic mass is 10.0. The second kappa shape index (κ2) is 6.10. The van der Waals surface area contributed by atoms with Crippen molar-refractivity contribution in [2.24, 2.45) is 0 Å². The molecule has 84 valence electrons. The lowest BCUT2D eigenvalue weighted by Gasteiger charge is -2.38. The Morgan fingerprint density at radius 1 is 1.21 bits per heavy atom. The first-order valence-electron chi connectivity index (χ1n) is 5.84. The normalized spacial score (nSPS) is 12.8. The highest BCUT2D eigenvalue weighted by Crippen LogP contribution is 2.17. The van der Waals surface area contributed by atoms with Gasteiger partial charge in [0.15, 0.2) is 0 Å². The number of hydrogen-bond donors (Lipinski definition) is 0. The molecule has 0 radical (unpaired) electrons. The third kappa shape index (κ3) is 5.31. The lowest BCUT2D eigenvalue weighted by Crippen LogP contribution is -2.41. The molecule has 0 aliphatic carbocycles. The molecule has 1 heteroatoms. The molecule has 0 atom stereocenters. The van der Waals surface area contributed by atoms with E-state index in [0.717, 1.165) is 0 Å². The van der Waals surface area contributed by atoms with E-state index < -0.39 is 0 Å². The molecule has 1 nitrogen and oxygen atoms in total. The summed E-state index contributed by atoms with van der Waals surface area (Å²) in [5.74, 6) is 0.